The van der Waals surface area contributed by atoms with E-state index in [0.29, 0.717) is 0 Å². The predicted octanol–water partition coefficient (Wildman–Crippen LogP) is 3.68. The van der Waals surface area contributed by atoms with Crippen molar-refractivity contribution in [1.82, 2.24) is 4.98 Å². The van der Waals surface area contributed by atoms with E-state index >= 15 is 0 Å². The van der Waals surface area contributed by atoms with Gasteiger partial charge in [0.1, 0.15) is 5.82 Å². The lowest BCUT2D eigenvalue weighted by Gasteiger charge is -2.26. The first-order valence-corrected chi connectivity index (χ1v) is 8.49. The third kappa shape index (κ3) is 4.70. The molecular formula is C18H31N3. The van der Waals surface area contributed by atoms with Gasteiger partial charge in [-0.15, -0.1) is 0 Å². The lowest BCUT2D eigenvalue weighted by atomic mass is 10.0. The number of rotatable bonds is 8. The van der Waals surface area contributed by atoms with Crippen LogP contribution in [0.3, 0.4) is 0 Å². The second-order valence-corrected chi connectivity index (χ2v) is 6.96. The van der Waals surface area contributed by atoms with Crippen LogP contribution in [0.5, 0.6) is 0 Å². The summed E-state index contributed by atoms with van der Waals surface area (Å²) < 4.78 is 0. The van der Waals surface area contributed by atoms with Gasteiger partial charge in [0.2, 0.25) is 0 Å². The number of nitrogens with two attached hydrogens (primary N) is 1. The minimum absolute atomic E-state index is 0.248. The van der Waals surface area contributed by atoms with E-state index in [9.17, 15) is 0 Å². The molecule has 1 aliphatic carbocycles. The molecule has 2 rings (SSSR count). The Morgan fingerprint density at radius 3 is 2.62 bits per heavy atom. The Kier molecular flexibility index (Phi) is 5.63. The Balaban J connectivity index is 2.10. The van der Waals surface area contributed by atoms with Gasteiger partial charge in [-0.3, -0.25) is 0 Å². The van der Waals surface area contributed by atoms with Crippen molar-refractivity contribution in [3.8, 4) is 0 Å². The molecule has 1 heterocycles. The molecular weight excluding hydrogens is 258 g/mol. The lowest BCUT2D eigenvalue weighted by molar-refractivity contribution is 0.567. The molecule has 0 spiro atoms. The quantitative estimate of drug-likeness (QED) is 0.793. The average molecular weight is 289 g/mol. The normalized spacial score (nSPS) is 16.3. The fraction of sp³-hybridized carbons (Fsp3) is 0.722. The van der Waals surface area contributed by atoms with Gasteiger partial charge in [-0.2, -0.15) is 0 Å². The Morgan fingerprint density at radius 2 is 2.10 bits per heavy atom. The van der Waals surface area contributed by atoms with Gasteiger partial charge in [0.05, 0.1) is 0 Å². The largest absolute Gasteiger partial charge is 0.353 e. The van der Waals surface area contributed by atoms with E-state index in [2.05, 4.69) is 38.7 Å². The van der Waals surface area contributed by atoms with Gasteiger partial charge < -0.3 is 10.6 Å². The van der Waals surface area contributed by atoms with Gasteiger partial charge in [0.25, 0.3) is 0 Å². The molecule has 3 nitrogen and oxygen atoms in total. The monoisotopic (exact) mass is 289 g/mol. The number of aryl methyl sites for hydroxylation is 1. The third-order valence-corrected chi connectivity index (χ3v) is 4.34. The summed E-state index contributed by atoms with van der Waals surface area (Å²) in [5.74, 6) is 1.93. The Labute approximate surface area is 129 Å². The summed E-state index contributed by atoms with van der Waals surface area (Å²) in [5, 5.41) is 0. The molecule has 21 heavy (non-hydrogen) atoms. The molecule has 1 fully saturated rings. The van der Waals surface area contributed by atoms with Crippen molar-refractivity contribution in [3.05, 3.63) is 23.4 Å². The summed E-state index contributed by atoms with van der Waals surface area (Å²) in [6, 6.07) is 3.25. The summed E-state index contributed by atoms with van der Waals surface area (Å²) in [6.07, 6.45) is 7.86. The number of hydrogen-bond donors (Lipinski definition) is 1. The van der Waals surface area contributed by atoms with Crippen molar-refractivity contribution in [2.24, 2.45) is 11.7 Å². The van der Waals surface area contributed by atoms with Gasteiger partial charge in [0.15, 0.2) is 0 Å². The highest BCUT2D eigenvalue weighted by molar-refractivity contribution is 5.49. The van der Waals surface area contributed by atoms with E-state index < -0.39 is 0 Å². The number of pyridine rings is 1. The van der Waals surface area contributed by atoms with Crippen LogP contribution >= 0.6 is 0 Å². The maximum absolute atomic E-state index is 6.05. The minimum atomic E-state index is 0.248. The van der Waals surface area contributed by atoms with Crippen LogP contribution in [0.4, 0.5) is 5.82 Å². The van der Waals surface area contributed by atoms with Crippen LogP contribution in [0.2, 0.25) is 0 Å². The molecule has 0 radical (unpaired) electrons. The van der Waals surface area contributed by atoms with Crippen molar-refractivity contribution in [2.45, 2.75) is 71.9 Å². The number of nitrogens with zero attached hydrogens (tertiary/aromatic N) is 2. The van der Waals surface area contributed by atoms with Crippen LogP contribution in [0, 0.1) is 12.8 Å². The van der Waals surface area contributed by atoms with Gasteiger partial charge in [0, 0.05) is 24.8 Å². The molecule has 0 aromatic carbocycles. The topological polar surface area (TPSA) is 42.1 Å². The SMILES string of the molecule is CCC(N)Cc1cnc(N(CCC(C)C)C2CC2)c(C)c1. The second kappa shape index (κ2) is 7.26. The van der Waals surface area contributed by atoms with Crippen molar-refractivity contribution >= 4 is 5.82 Å². The first-order valence-electron chi connectivity index (χ1n) is 8.49. The zero-order valence-electron chi connectivity index (χ0n) is 14.1. The molecule has 0 saturated heterocycles. The molecule has 1 saturated carbocycles. The summed E-state index contributed by atoms with van der Waals surface area (Å²) >= 11 is 0. The van der Waals surface area contributed by atoms with Gasteiger partial charge in [-0.25, -0.2) is 4.98 Å². The van der Waals surface area contributed by atoms with Crippen LogP contribution in [0.1, 0.15) is 57.6 Å². The molecule has 1 atom stereocenters. The summed E-state index contributed by atoms with van der Waals surface area (Å²) in [4.78, 5) is 7.30. The Bertz CT molecular complexity index is 452. The third-order valence-electron chi connectivity index (χ3n) is 4.34. The highest BCUT2D eigenvalue weighted by atomic mass is 15.2. The summed E-state index contributed by atoms with van der Waals surface area (Å²) in [6.45, 7) is 10.0. The molecule has 1 unspecified atom stereocenters. The Morgan fingerprint density at radius 1 is 1.38 bits per heavy atom. The van der Waals surface area contributed by atoms with Crippen LogP contribution in [-0.2, 0) is 6.42 Å². The van der Waals surface area contributed by atoms with Gasteiger partial charge >= 0.3 is 0 Å². The molecule has 0 bridgehead atoms. The van der Waals surface area contributed by atoms with Crippen molar-refractivity contribution in [2.75, 3.05) is 11.4 Å². The van der Waals surface area contributed by atoms with Crippen LogP contribution in [0.25, 0.3) is 0 Å². The van der Waals surface area contributed by atoms with Crippen LogP contribution < -0.4 is 10.6 Å². The van der Waals surface area contributed by atoms with Crippen molar-refractivity contribution in [3.63, 3.8) is 0 Å². The molecule has 1 aliphatic rings. The molecule has 0 aliphatic heterocycles. The standard InChI is InChI=1S/C18H31N3/c1-5-16(19)11-15-10-14(4)18(20-12-15)21(17-6-7-17)9-8-13(2)3/h10,12-13,16-17H,5-9,11,19H2,1-4H3. The Hall–Kier alpha value is -1.09. The molecule has 1 aromatic heterocycles. The zero-order valence-corrected chi connectivity index (χ0v) is 14.1. The highest BCUT2D eigenvalue weighted by Gasteiger charge is 2.30. The molecule has 3 heteroatoms. The summed E-state index contributed by atoms with van der Waals surface area (Å²) in [5.41, 5.74) is 8.62. The maximum atomic E-state index is 6.05. The van der Waals surface area contributed by atoms with Crippen LogP contribution in [-0.4, -0.2) is 23.6 Å². The molecule has 1 aromatic rings. The molecule has 0 amide bonds. The number of anilines is 1. The fourth-order valence-electron chi connectivity index (χ4n) is 2.73. The van der Waals surface area contributed by atoms with Gasteiger partial charge in [-0.1, -0.05) is 26.8 Å². The predicted molar refractivity (Wildman–Crippen MR) is 90.8 cm³/mol. The van der Waals surface area contributed by atoms with E-state index in [0.717, 1.165) is 31.3 Å². The molecule has 2 N–H and O–H groups in total. The average Bonchev–Trinajstić information content (AvgIpc) is 3.25. The first-order chi connectivity index (χ1) is 10.0. The zero-order chi connectivity index (χ0) is 15.4. The molecule has 118 valence electrons. The van der Waals surface area contributed by atoms with Crippen LogP contribution in [0.15, 0.2) is 12.3 Å². The van der Waals surface area contributed by atoms with Crippen molar-refractivity contribution in [1.29, 1.82) is 0 Å². The first kappa shape index (κ1) is 16.3. The summed E-state index contributed by atoms with van der Waals surface area (Å²) in [7, 11) is 0. The maximum Gasteiger partial charge on any atom is 0.131 e. The van der Waals surface area contributed by atoms with Crippen molar-refractivity contribution < 1.29 is 0 Å². The van der Waals surface area contributed by atoms with E-state index in [1.807, 2.05) is 6.20 Å². The van der Waals surface area contributed by atoms with E-state index in [1.54, 1.807) is 0 Å². The second-order valence-electron chi connectivity index (χ2n) is 6.96. The smallest absolute Gasteiger partial charge is 0.131 e. The lowest BCUT2D eigenvalue weighted by Crippen LogP contribution is -2.29. The minimum Gasteiger partial charge on any atom is -0.353 e. The highest BCUT2D eigenvalue weighted by Crippen LogP contribution is 2.33. The van der Waals surface area contributed by atoms with E-state index in [-0.39, 0.29) is 6.04 Å². The van der Waals surface area contributed by atoms with Gasteiger partial charge in [-0.05, 0) is 56.1 Å². The number of hydrogen-bond acceptors (Lipinski definition) is 3. The van der Waals surface area contributed by atoms with E-state index in [4.69, 9.17) is 10.7 Å². The fourth-order valence-corrected chi connectivity index (χ4v) is 2.73. The number of aromatic nitrogens is 1. The van der Waals surface area contributed by atoms with E-state index in [1.165, 1.54) is 36.2 Å².